The third kappa shape index (κ3) is 4.08. The normalized spacial score (nSPS) is 24.0. The molecule has 5 heteroatoms. The van der Waals surface area contributed by atoms with Gasteiger partial charge in [-0.3, -0.25) is 9.59 Å². The van der Waals surface area contributed by atoms with E-state index in [1.54, 1.807) is 0 Å². The van der Waals surface area contributed by atoms with E-state index in [1.165, 1.54) is 19.3 Å². The lowest BCUT2D eigenvalue weighted by Gasteiger charge is -2.31. The van der Waals surface area contributed by atoms with Gasteiger partial charge in [-0.25, -0.2) is 0 Å². The maximum Gasteiger partial charge on any atom is 0.307 e. The third-order valence-electron chi connectivity index (χ3n) is 5.15. The second-order valence-corrected chi connectivity index (χ2v) is 6.87. The van der Waals surface area contributed by atoms with Crippen LogP contribution in [-0.2, 0) is 16.1 Å². The van der Waals surface area contributed by atoms with E-state index in [9.17, 15) is 9.59 Å². The molecule has 5 nitrogen and oxygen atoms in total. The lowest BCUT2D eigenvalue weighted by Crippen LogP contribution is -2.43. The van der Waals surface area contributed by atoms with Crippen molar-refractivity contribution in [3.63, 3.8) is 0 Å². The van der Waals surface area contributed by atoms with E-state index in [2.05, 4.69) is 5.32 Å². The molecular formula is C19H25NO4. The Morgan fingerprint density at radius 3 is 2.50 bits per heavy atom. The molecule has 2 atom stereocenters. The number of carbonyl (C=O) groups excluding carboxylic acids is 1. The van der Waals surface area contributed by atoms with Crippen LogP contribution in [0.25, 0.3) is 0 Å². The van der Waals surface area contributed by atoms with E-state index in [0.29, 0.717) is 25.5 Å². The van der Waals surface area contributed by atoms with Gasteiger partial charge < -0.3 is 15.2 Å². The number of benzene rings is 1. The van der Waals surface area contributed by atoms with E-state index in [4.69, 9.17) is 9.84 Å². The molecule has 0 bridgehead atoms. The van der Waals surface area contributed by atoms with Crippen molar-refractivity contribution in [3.05, 3.63) is 29.8 Å². The van der Waals surface area contributed by atoms with Gasteiger partial charge >= 0.3 is 5.97 Å². The minimum Gasteiger partial charge on any atom is -0.490 e. The van der Waals surface area contributed by atoms with Gasteiger partial charge in [-0.15, -0.1) is 0 Å². The van der Waals surface area contributed by atoms with Crippen LogP contribution in [0, 0.1) is 11.8 Å². The quantitative estimate of drug-likeness (QED) is 0.840. The highest BCUT2D eigenvalue weighted by atomic mass is 16.5. The van der Waals surface area contributed by atoms with Crippen LogP contribution in [0.5, 0.6) is 5.75 Å². The number of hydrogen-bond acceptors (Lipinski definition) is 3. The summed E-state index contributed by atoms with van der Waals surface area (Å²) in [6.07, 6.45) is 7.53. The Labute approximate surface area is 142 Å². The van der Waals surface area contributed by atoms with Crippen LogP contribution in [0.1, 0.15) is 50.5 Å². The lowest BCUT2D eigenvalue weighted by molar-refractivity contribution is -0.152. The highest BCUT2D eigenvalue weighted by molar-refractivity contribution is 5.86. The summed E-state index contributed by atoms with van der Waals surface area (Å²) in [5, 5.41) is 11.9. The van der Waals surface area contributed by atoms with Gasteiger partial charge in [0.25, 0.3) is 0 Å². The number of hydrogen-bond donors (Lipinski definition) is 2. The molecule has 1 aromatic carbocycles. The molecule has 1 aromatic rings. The number of ether oxygens (including phenoxy) is 1. The van der Waals surface area contributed by atoms with Gasteiger partial charge in [-0.2, -0.15) is 0 Å². The SMILES string of the molecule is O=C(NCc1cccc(OC2CCCCC2)c1)[C@H]1CC[C@H]1C(=O)O. The molecule has 1 amide bonds. The van der Waals surface area contributed by atoms with Gasteiger partial charge in [0.1, 0.15) is 5.75 Å². The van der Waals surface area contributed by atoms with Crippen molar-refractivity contribution in [2.75, 3.05) is 0 Å². The summed E-state index contributed by atoms with van der Waals surface area (Å²) in [5.74, 6) is -1.09. The second kappa shape index (κ2) is 7.69. The van der Waals surface area contributed by atoms with E-state index in [-0.39, 0.29) is 11.8 Å². The van der Waals surface area contributed by atoms with E-state index in [0.717, 1.165) is 24.2 Å². The number of amides is 1. The van der Waals surface area contributed by atoms with Gasteiger partial charge in [0.05, 0.1) is 17.9 Å². The van der Waals surface area contributed by atoms with Gasteiger partial charge in [0, 0.05) is 6.54 Å². The number of carbonyl (C=O) groups is 2. The average molecular weight is 331 g/mol. The largest absolute Gasteiger partial charge is 0.490 e. The zero-order valence-corrected chi connectivity index (χ0v) is 13.9. The Hall–Kier alpha value is -2.04. The first kappa shape index (κ1) is 16.8. The highest BCUT2D eigenvalue weighted by Crippen LogP contribution is 2.34. The van der Waals surface area contributed by atoms with Crippen LogP contribution < -0.4 is 10.1 Å². The zero-order chi connectivity index (χ0) is 16.9. The fraction of sp³-hybridized carbons (Fsp3) is 0.579. The van der Waals surface area contributed by atoms with Crippen LogP contribution in [0.4, 0.5) is 0 Å². The summed E-state index contributed by atoms with van der Waals surface area (Å²) in [6, 6.07) is 7.79. The Bertz CT molecular complexity index is 595. The lowest BCUT2D eigenvalue weighted by atomic mass is 9.73. The van der Waals surface area contributed by atoms with Crippen LogP contribution in [0.15, 0.2) is 24.3 Å². The molecule has 2 aliphatic carbocycles. The first-order valence-corrected chi connectivity index (χ1v) is 8.89. The van der Waals surface area contributed by atoms with E-state index < -0.39 is 11.9 Å². The molecule has 0 heterocycles. The third-order valence-corrected chi connectivity index (χ3v) is 5.15. The summed E-state index contributed by atoms with van der Waals surface area (Å²) < 4.78 is 6.04. The molecule has 2 fully saturated rings. The maximum absolute atomic E-state index is 12.1. The number of nitrogens with one attached hydrogen (secondary N) is 1. The molecule has 0 saturated heterocycles. The number of carboxylic acid groups (broad SMARTS) is 1. The predicted molar refractivity (Wildman–Crippen MR) is 89.6 cm³/mol. The van der Waals surface area contributed by atoms with Crippen molar-refractivity contribution < 1.29 is 19.4 Å². The monoisotopic (exact) mass is 331 g/mol. The number of rotatable bonds is 6. The number of carboxylic acids is 1. The standard InChI is InChI=1S/C19H25NO4/c21-18(16-9-10-17(16)19(22)23)20-12-13-5-4-8-15(11-13)24-14-6-2-1-3-7-14/h4-5,8,11,14,16-17H,1-3,6-7,9-10,12H2,(H,20,21)(H,22,23)/t16-,17+/m0/s1. The molecule has 0 aliphatic heterocycles. The predicted octanol–water partition coefficient (Wildman–Crippen LogP) is 3.13. The molecule has 2 N–H and O–H groups in total. The van der Waals surface area contributed by atoms with Crippen molar-refractivity contribution >= 4 is 11.9 Å². The topological polar surface area (TPSA) is 75.6 Å². The summed E-state index contributed by atoms with van der Waals surface area (Å²) in [7, 11) is 0. The molecule has 2 saturated carbocycles. The van der Waals surface area contributed by atoms with Gasteiger partial charge in [-0.1, -0.05) is 18.6 Å². The minimum absolute atomic E-state index is 0.160. The Morgan fingerprint density at radius 1 is 1.08 bits per heavy atom. The Balaban J connectivity index is 1.51. The summed E-state index contributed by atoms with van der Waals surface area (Å²) >= 11 is 0. The smallest absolute Gasteiger partial charge is 0.307 e. The average Bonchev–Trinajstić information content (AvgIpc) is 2.53. The number of aliphatic carboxylic acids is 1. The van der Waals surface area contributed by atoms with Crippen molar-refractivity contribution in [3.8, 4) is 5.75 Å². The van der Waals surface area contributed by atoms with Crippen molar-refractivity contribution in [1.29, 1.82) is 0 Å². The first-order chi connectivity index (χ1) is 11.6. The molecule has 0 aromatic heterocycles. The molecule has 3 rings (SSSR count). The van der Waals surface area contributed by atoms with Crippen molar-refractivity contribution in [2.45, 2.75) is 57.6 Å². The van der Waals surface area contributed by atoms with Crippen molar-refractivity contribution in [1.82, 2.24) is 5.32 Å². The van der Waals surface area contributed by atoms with Gasteiger partial charge in [-0.05, 0) is 56.2 Å². The zero-order valence-electron chi connectivity index (χ0n) is 13.9. The first-order valence-electron chi connectivity index (χ1n) is 8.89. The molecule has 130 valence electrons. The second-order valence-electron chi connectivity index (χ2n) is 6.87. The van der Waals surface area contributed by atoms with Crippen LogP contribution in [0.2, 0.25) is 0 Å². The molecule has 24 heavy (non-hydrogen) atoms. The molecule has 0 spiro atoms. The maximum atomic E-state index is 12.1. The van der Waals surface area contributed by atoms with Crippen LogP contribution in [0.3, 0.4) is 0 Å². The fourth-order valence-electron chi connectivity index (χ4n) is 3.53. The van der Waals surface area contributed by atoms with E-state index >= 15 is 0 Å². The van der Waals surface area contributed by atoms with Crippen LogP contribution in [-0.4, -0.2) is 23.1 Å². The minimum atomic E-state index is -0.871. The van der Waals surface area contributed by atoms with Gasteiger partial charge in [0.15, 0.2) is 0 Å². The summed E-state index contributed by atoms with van der Waals surface area (Å²) in [6.45, 7) is 0.406. The molecule has 0 radical (unpaired) electrons. The summed E-state index contributed by atoms with van der Waals surface area (Å²) in [4.78, 5) is 23.1. The van der Waals surface area contributed by atoms with Crippen LogP contribution >= 0.6 is 0 Å². The van der Waals surface area contributed by atoms with E-state index in [1.807, 2.05) is 24.3 Å². The molecular weight excluding hydrogens is 306 g/mol. The molecule has 0 unspecified atom stereocenters. The Kier molecular flexibility index (Phi) is 5.38. The summed E-state index contributed by atoms with van der Waals surface area (Å²) in [5.41, 5.74) is 0.975. The highest BCUT2D eigenvalue weighted by Gasteiger charge is 2.41. The molecule has 2 aliphatic rings. The van der Waals surface area contributed by atoms with Gasteiger partial charge in [0.2, 0.25) is 5.91 Å². The Morgan fingerprint density at radius 2 is 1.83 bits per heavy atom. The van der Waals surface area contributed by atoms with Crippen molar-refractivity contribution in [2.24, 2.45) is 11.8 Å². The fourth-order valence-corrected chi connectivity index (χ4v) is 3.53.